The maximum absolute atomic E-state index is 6.55. The molecule has 1 aliphatic rings. The molecule has 1 aliphatic heterocycles. The van der Waals surface area contributed by atoms with E-state index < -0.39 is 0 Å². The predicted octanol–water partition coefficient (Wildman–Crippen LogP) is 2.81. The molecule has 0 bridgehead atoms. The molecule has 0 aliphatic carbocycles. The molecule has 0 aromatic heterocycles. The van der Waals surface area contributed by atoms with Crippen molar-refractivity contribution in [1.29, 1.82) is 0 Å². The number of hydrogen-bond acceptors (Lipinski definition) is 3. The van der Waals surface area contributed by atoms with E-state index in [0.717, 1.165) is 26.1 Å². The van der Waals surface area contributed by atoms with Gasteiger partial charge in [0.05, 0.1) is 11.6 Å². The Hall–Kier alpha value is -0.900. The van der Waals surface area contributed by atoms with Crippen molar-refractivity contribution in [2.45, 2.75) is 45.3 Å². The molecule has 0 saturated carbocycles. The molecule has 1 heterocycles. The average molecular weight is 263 g/mol. The van der Waals surface area contributed by atoms with E-state index in [2.05, 4.69) is 32.9 Å². The van der Waals surface area contributed by atoms with Crippen molar-refractivity contribution in [2.75, 3.05) is 20.3 Å². The minimum atomic E-state index is -0.287. The Bertz CT molecular complexity index is 450. The summed E-state index contributed by atoms with van der Waals surface area (Å²) in [5.74, 6) is 0. The van der Waals surface area contributed by atoms with Crippen molar-refractivity contribution >= 4 is 0 Å². The molecule has 1 unspecified atom stereocenters. The molecule has 0 spiro atoms. The van der Waals surface area contributed by atoms with Crippen LogP contribution >= 0.6 is 0 Å². The van der Waals surface area contributed by atoms with Crippen molar-refractivity contribution in [3.63, 3.8) is 0 Å². The molecule has 1 saturated heterocycles. The molecule has 1 aromatic carbocycles. The van der Waals surface area contributed by atoms with Gasteiger partial charge in [-0.15, -0.1) is 0 Å². The van der Waals surface area contributed by atoms with Gasteiger partial charge in [0.15, 0.2) is 0 Å². The Labute approximate surface area is 116 Å². The van der Waals surface area contributed by atoms with Gasteiger partial charge in [0.25, 0.3) is 0 Å². The zero-order valence-corrected chi connectivity index (χ0v) is 12.5. The van der Waals surface area contributed by atoms with Crippen LogP contribution in [0.2, 0.25) is 0 Å². The Morgan fingerprint density at radius 3 is 2.26 bits per heavy atom. The van der Waals surface area contributed by atoms with Crippen molar-refractivity contribution in [1.82, 2.24) is 0 Å². The van der Waals surface area contributed by atoms with Gasteiger partial charge in [0, 0.05) is 33.2 Å². The van der Waals surface area contributed by atoms with Gasteiger partial charge in [-0.2, -0.15) is 0 Å². The van der Waals surface area contributed by atoms with Gasteiger partial charge in [-0.25, -0.2) is 0 Å². The van der Waals surface area contributed by atoms with Crippen LogP contribution in [0, 0.1) is 20.8 Å². The van der Waals surface area contributed by atoms with E-state index in [1.165, 1.54) is 22.3 Å². The van der Waals surface area contributed by atoms with Crippen LogP contribution in [0.15, 0.2) is 12.1 Å². The van der Waals surface area contributed by atoms with Crippen LogP contribution in [0.4, 0.5) is 0 Å². The summed E-state index contributed by atoms with van der Waals surface area (Å²) in [6.45, 7) is 7.85. The summed E-state index contributed by atoms with van der Waals surface area (Å²) in [4.78, 5) is 0. The molecule has 1 aromatic rings. The van der Waals surface area contributed by atoms with Crippen molar-refractivity contribution in [3.05, 3.63) is 34.4 Å². The second kappa shape index (κ2) is 5.61. The summed E-state index contributed by atoms with van der Waals surface area (Å²) in [6, 6.07) is 4.33. The maximum atomic E-state index is 6.55. The molecule has 1 atom stereocenters. The Kier molecular flexibility index (Phi) is 4.29. The van der Waals surface area contributed by atoms with Crippen LogP contribution in [0.1, 0.15) is 41.1 Å². The number of rotatable bonds is 3. The molecule has 0 amide bonds. The van der Waals surface area contributed by atoms with E-state index in [1.807, 2.05) is 0 Å². The minimum Gasteiger partial charge on any atom is -0.381 e. The summed E-state index contributed by atoms with van der Waals surface area (Å²) in [7, 11) is 1.77. The molecule has 19 heavy (non-hydrogen) atoms. The summed E-state index contributed by atoms with van der Waals surface area (Å²) in [5, 5.41) is 0. The van der Waals surface area contributed by atoms with Gasteiger partial charge in [-0.1, -0.05) is 12.1 Å². The summed E-state index contributed by atoms with van der Waals surface area (Å²) in [5.41, 5.74) is 11.3. The quantitative estimate of drug-likeness (QED) is 0.912. The van der Waals surface area contributed by atoms with Gasteiger partial charge >= 0.3 is 0 Å². The third kappa shape index (κ3) is 2.69. The Morgan fingerprint density at radius 2 is 1.68 bits per heavy atom. The fourth-order valence-corrected chi connectivity index (χ4v) is 2.96. The number of aryl methyl sites for hydroxylation is 3. The lowest BCUT2D eigenvalue weighted by Gasteiger charge is -2.41. The lowest BCUT2D eigenvalue weighted by atomic mass is 9.80. The standard InChI is InChI=1S/C16H25NO2/c1-11-9-13(3)14(10-12(11)2)15(17)16(18-4)5-7-19-8-6-16/h9-10,15H,5-8,17H2,1-4H3. The highest BCUT2D eigenvalue weighted by Crippen LogP contribution is 2.37. The molecular formula is C16H25NO2. The second-order valence-electron chi connectivity index (χ2n) is 5.65. The lowest BCUT2D eigenvalue weighted by molar-refractivity contribution is -0.105. The molecule has 3 heteroatoms. The van der Waals surface area contributed by atoms with E-state index in [9.17, 15) is 0 Å². The Morgan fingerprint density at radius 1 is 1.11 bits per heavy atom. The van der Waals surface area contributed by atoms with E-state index in [0.29, 0.717) is 0 Å². The van der Waals surface area contributed by atoms with E-state index >= 15 is 0 Å². The SMILES string of the molecule is COC1(C(N)c2cc(C)c(C)cc2C)CCOCC1. The number of benzene rings is 1. The maximum Gasteiger partial charge on any atom is 0.0914 e. The minimum absolute atomic E-state index is 0.0966. The van der Waals surface area contributed by atoms with Crippen LogP contribution < -0.4 is 5.73 Å². The van der Waals surface area contributed by atoms with Gasteiger partial charge in [0.2, 0.25) is 0 Å². The topological polar surface area (TPSA) is 44.5 Å². The van der Waals surface area contributed by atoms with Crippen molar-refractivity contribution in [2.24, 2.45) is 5.73 Å². The van der Waals surface area contributed by atoms with Crippen LogP contribution in [0.3, 0.4) is 0 Å². The van der Waals surface area contributed by atoms with E-state index in [-0.39, 0.29) is 11.6 Å². The van der Waals surface area contributed by atoms with Crippen LogP contribution in [-0.2, 0) is 9.47 Å². The first-order chi connectivity index (χ1) is 9.00. The van der Waals surface area contributed by atoms with Crippen LogP contribution in [0.25, 0.3) is 0 Å². The fourth-order valence-electron chi connectivity index (χ4n) is 2.96. The fraction of sp³-hybridized carbons (Fsp3) is 0.625. The smallest absolute Gasteiger partial charge is 0.0914 e. The molecule has 2 rings (SSSR count). The highest BCUT2D eigenvalue weighted by atomic mass is 16.5. The summed E-state index contributed by atoms with van der Waals surface area (Å²) >= 11 is 0. The number of nitrogens with two attached hydrogens (primary N) is 1. The molecule has 1 fully saturated rings. The number of hydrogen-bond donors (Lipinski definition) is 1. The zero-order chi connectivity index (χ0) is 14.0. The first-order valence-corrected chi connectivity index (χ1v) is 6.96. The number of methoxy groups -OCH3 is 1. The first-order valence-electron chi connectivity index (χ1n) is 6.96. The number of ether oxygens (including phenoxy) is 2. The molecular weight excluding hydrogens is 238 g/mol. The van der Waals surface area contributed by atoms with Gasteiger partial charge in [-0.05, 0) is 43.0 Å². The Balaban J connectivity index is 2.37. The molecule has 2 N–H and O–H groups in total. The zero-order valence-electron chi connectivity index (χ0n) is 12.5. The highest BCUT2D eigenvalue weighted by molar-refractivity contribution is 5.39. The van der Waals surface area contributed by atoms with E-state index in [4.69, 9.17) is 15.2 Å². The summed E-state index contributed by atoms with van der Waals surface area (Å²) < 4.78 is 11.3. The van der Waals surface area contributed by atoms with Crippen LogP contribution in [-0.4, -0.2) is 25.9 Å². The third-order valence-electron chi connectivity index (χ3n) is 4.53. The van der Waals surface area contributed by atoms with Crippen molar-refractivity contribution in [3.8, 4) is 0 Å². The molecule has 3 nitrogen and oxygen atoms in total. The highest BCUT2D eigenvalue weighted by Gasteiger charge is 2.40. The second-order valence-corrected chi connectivity index (χ2v) is 5.65. The predicted molar refractivity (Wildman–Crippen MR) is 77.4 cm³/mol. The molecule has 106 valence electrons. The lowest BCUT2D eigenvalue weighted by Crippen LogP contribution is -2.47. The van der Waals surface area contributed by atoms with Crippen molar-refractivity contribution < 1.29 is 9.47 Å². The normalized spacial score (nSPS) is 20.3. The largest absolute Gasteiger partial charge is 0.381 e. The van der Waals surface area contributed by atoms with Crippen LogP contribution in [0.5, 0.6) is 0 Å². The van der Waals surface area contributed by atoms with Gasteiger partial charge in [-0.3, -0.25) is 0 Å². The van der Waals surface area contributed by atoms with Gasteiger partial charge < -0.3 is 15.2 Å². The van der Waals surface area contributed by atoms with Gasteiger partial charge in [0.1, 0.15) is 0 Å². The van der Waals surface area contributed by atoms with E-state index in [1.54, 1.807) is 7.11 Å². The monoisotopic (exact) mass is 263 g/mol. The molecule has 0 radical (unpaired) electrons. The first kappa shape index (κ1) is 14.5. The summed E-state index contributed by atoms with van der Waals surface area (Å²) in [6.07, 6.45) is 1.72. The third-order valence-corrected chi connectivity index (χ3v) is 4.53. The average Bonchev–Trinajstić information content (AvgIpc) is 2.43.